The Kier molecular flexibility index (Phi) is 7.77. The quantitative estimate of drug-likeness (QED) is 0.667. The van der Waals surface area contributed by atoms with Gasteiger partial charge in [-0.3, -0.25) is 19.4 Å². The molecule has 3 aliphatic heterocycles. The second-order valence-electron chi connectivity index (χ2n) is 8.46. The summed E-state index contributed by atoms with van der Waals surface area (Å²) in [6.07, 6.45) is 6.34. The van der Waals surface area contributed by atoms with Crippen LogP contribution >= 0.6 is 0 Å². The van der Waals surface area contributed by atoms with Crippen LogP contribution in [0.5, 0.6) is 0 Å². The molecule has 0 radical (unpaired) electrons. The molecule has 0 aliphatic carbocycles. The molecule has 4 rings (SSSR count). The van der Waals surface area contributed by atoms with Crippen LogP contribution in [-0.2, 0) is 24.3 Å². The van der Waals surface area contributed by atoms with Crippen LogP contribution in [-0.4, -0.2) is 70.2 Å². The summed E-state index contributed by atoms with van der Waals surface area (Å²) in [5, 5.41) is 2.84. The molecular formula is C22H32N4O5S. The zero-order valence-electron chi connectivity index (χ0n) is 18.3. The average molecular weight is 465 g/mol. The minimum atomic E-state index is -3.76. The number of likely N-dealkylation sites (tertiary alicyclic amines) is 1. The first-order chi connectivity index (χ1) is 15.5. The number of carbonyl (C=O) groups excluding carboxylic acids is 1. The fraction of sp³-hybridized carbons (Fsp3) is 0.636. The minimum absolute atomic E-state index is 0.0632. The Labute approximate surface area is 189 Å². The van der Waals surface area contributed by atoms with Crippen LogP contribution in [0.1, 0.15) is 44.9 Å². The van der Waals surface area contributed by atoms with Crippen LogP contribution in [0.25, 0.3) is 0 Å². The van der Waals surface area contributed by atoms with Crippen molar-refractivity contribution in [3.05, 3.63) is 24.3 Å². The molecule has 0 spiro atoms. The average Bonchev–Trinajstić information content (AvgIpc) is 3.19. The van der Waals surface area contributed by atoms with Gasteiger partial charge in [0, 0.05) is 18.7 Å². The third kappa shape index (κ3) is 6.06. The lowest BCUT2D eigenvalue weighted by Crippen LogP contribution is -2.50. The molecule has 0 bridgehead atoms. The molecule has 1 atom stereocenters. The lowest BCUT2D eigenvalue weighted by molar-refractivity contribution is -0.127. The highest BCUT2D eigenvalue weighted by Gasteiger charge is 2.34. The summed E-state index contributed by atoms with van der Waals surface area (Å²) in [5.74, 6) is 0.315. The third-order valence-corrected chi connectivity index (χ3v) is 7.41. The van der Waals surface area contributed by atoms with E-state index in [1.165, 1.54) is 12.1 Å². The van der Waals surface area contributed by atoms with E-state index in [1.54, 1.807) is 12.1 Å². The molecule has 1 amide bonds. The smallest absolute Gasteiger partial charge is 0.262 e. The molecular weight excluding hydrogens is 432 g/mol. The van der Waals surface area contributed by atoms with Gasteiger partial charge in [0.1, 0.15) is 5.84 Å². The number of carbonyl (C=O) groups is 1. The number of hydrogen-bond donors (Lipinski definition) is 2. The van der Waals surface area contributed by atoms with Gasteiger partial charge in [0.2, 0.25) is 5.91 Å². The summed E-state index contributed by atoms with van der Waals surface area (Å²) in [6.45, 7) is 2.83. The SMILES string of the molecule is O=C(CN1CCCCC1C1OCCO1)Nc1cccc(S(=O)(=O)NC2=NCCCCC2)c1. The number of hydrogen-bond acceptors (Lipinski definition) is 7. The summed E-state index contributed by atoms with van der Waals surface area (Å²) in [6, 6.07) is 6.38. The number of benzene rings is 1. The minimum Gasteiger partial charge on any atom is -0.349 e. The zero-order valence-corrected chi connectivity index (χ0v) is 19.1. The lowest BCUT2D eigenvalue weighted by atomic mass is 10.0. The van der Waals surface area contributed by atoms with Crippen molar-refractivity contribution in [3.63, 3.8) is 0 Å². The number of aliphatic imine (C=N–C) groups is 1. The monoisotopic (exact) mass is 464 g/mol. The van der Waals surface area contributed by atoms with E-state index in [0.29, 0.717) is 37.7 Å². The van der Waals surface area contributed by atoms with Gasteiger partial charge in [-0.2, -0.15) is 0 Å². The van der Waals surface area contributed by atoms with Crippen LogP contribution in [0.2, 0.25) is 0 Å². The van der Waals surface area contributed by atoms with Crippen molar-refractivity contribution in [2.45, 2.75) is 62.2 Å². The third-order valence-electron chi connectivity index (χ3n) is 6.03. The van der Waals surface area contributed by atoms with E-state index in [9.17, 15) is 13.2 Å². The number of sulfonamides is 1. The molecule has 2 saturated heterocycles. The van der Waals surface area contributed by atoms with Crippen molar-refractivity contribution in [3.8, 4) is 0 Å². The van der Waals surface area contributed by atoms with E-state index in [1.807, 2.05) is 0 Å². The van der Waals surface area contributed by atoms with Gasteiger partial charge in [-0.15, -0.1) is 0 Å². The van der Waals surface area contributed by atoms with E-state index < -0.39 is 10.0 Å². The molecule has 2 fully saturated rings. The van der Waals surface area contributed by atoms with Gasteiger partial charge in [0.25, 0.3) is 10.0 Å². The molecule has 2 N–H and O–H groups in total. The van der Waals surface area contributed by atoms with E-state index >= 15 is 0 Å². The predicted octanol–water partition coefficient (Wildman–Crippen LogP) is 2.10. The first kappa shape index (κ1) is 23.2. The highest BCUT2D eigenvalue weighted by atomic mass is 32.2. The maximum atomic E-state index is 12.8. The van der Waals surface area contributed by atoms with Gasteiger partial charge >= 0.3 is 0 Å². The fourth-order valence-electron chi connectivity index (χ4n) is 4.42. The van der Waals surface area contributed by atoms with Crippen molar-refractivity contribution in [1.82, 2.24) is 9.62 Å². The Morgan fingerprint density at radius 3 is 2.81 bits per heavy atom. The van der Waals surface area contributed by atoms with Crippen molar-refractivity contribution >= 4 is 27.5 Å². The Morgan fingerprint density at radius 1 is 1.12 bits per heavy atom. The number of anilines is 1. The molecule has 1 aromatic carbocycles. The summed E-state index contributed by atoms with van der Waals surface area (Å²) in [5.41, 5.74) is 0.447. The van der Waals surface area contributed by atoms with Crippen LogP contribution in [0.4, 0.5) is 5.69 Å². The maximum absolute atomic E-state index is 12.8. The van der Waals surface area contributed by atoms with Crippen LogP contribution < -0.4 is 10.0 Å². The maximum Gasteiger partial charge on any atom is 0.262 e. The molecule has 0 aromatic heterocycles. The van der Waals surface area contributed by atoms with Gasteiger partial charge in [-0.25, -0.2) is 8.42 Å². The van der Waals surface area contributed by atoms with E-state index in [4.69, 9.17) is 9.47 Å². The number of ether oxygens (including phenoxy) is 2. The molecule has 10 heteroatoms. The summed E-state index contributed by atoms with van der Waals surface area (Å²) in [4.78, 5) is 19.3. The Hall–Kier alpha value is -2.01. The Balaban J connectivity index is 1.38. The first-order valence-electron chi connectivity index (χ1n) is 11.4. The standard InChI is InChI=1S/C22H32N4O5S/c27-21(16-26-12-5-3-9-19(26)22-30-13-14-31-22)24-17-7-6-8-18(15-17)32(28,29)25-20-10-2-1-4-11-23-20/h6-8,15,19,22H,1-5,9-14,16H2,(H,23,25)(H,24,27). The van der Waals surface area contributed by atoms with E-state index in [0.717, 1.165) is 45.1 Å². The van der Waals surface area contributed by atoms with Crippen LogP contribution in [0.15, 0.2) is 34.2 Å². The number of nitrogens with zero attached hydrogens (tertiary/aromatic N) is 2. The number of rotatable bonds is 6. The molecule has 3 aliphatic rings. The fourth-order valence-corrected chi connectivity index (χ4v) is 5.55. The van der Waals surface area contributed by atoms with Crippen LogP contribution in [0.3, 0.4) is 0 Å². The molecule has 3 heterocycles. The second-order valence-corrected chi connectivity index (χ2v) is 10.1. The van der Waals surface area contributed by atoms with Gasteiger partial charge in [-0.1, -0.05) is 18.9 Å². The lowest BCUT2D eigenvalue weighted by Gasteiger charge is -2.37. The van der Waals surface area contributed by atoms with Gasteiger partial charge in [0.05, 0.1) is 30.7 Å². The molecule has 9 nitrogen and oxygen atoms in total. The molecule has 32 heavy (non-hydrogen) atoms. The van der Waals surface area contributed by atoms with E-state index in [2.05, 4.69) is 19.9 Å². The predicted molar refractivity (Wildman–Crippen MR) is 121 cm³/mol. The van der Waals surface area contributed by atoms with Crippen molar-refractivity contribution in [2.75, 3.05) is 38.2 Å². The van der Waals surface area contributed by atoms with Gasteiger partial charge in [0.15, 0.2) is 6.29 Å². The van der Waals surface area contributed by atoms with Gasteiger partial charge < -0.3 is 14.8 Å². The molecule has 0 saturated carbocycles. The van der Waals surface area contributed by atoms with Crippen molar-refractivity contribution in [1.29, 1.82) is 0 Å². The van der Waals surface area contributed by atoms with Crippen molar-refractivity contribution < 1.29 is 22.7 Å². The van der Waals surface area contributed by atoms with E-state index in [-0.39, 0.29) is 29.7 Å². The Morgan fingerprint density at radius 2 is 1.97 bits per heavy atom. The summed E-state index contributed by atoms with van der Waals surface area (Å²) in [7, 11) is -3.76. The molecule has 1 unspecified atom stereocenters. The van der Waals surface area contributed by atoms with Gasteiger partial charge in [-0.05, 0) is 50.4 Å². The first-order valence-corrected chi connectivity index (χ1v) is 12.9. The summed E-state index contributed by atoms with van der Waals surface area (Å²) < 4.78 is 39.6. The normalized spacial score (nSPS) is 23.4. The van der Waals surface area contributed by atoms with Crippen molar-refractivity contribution in [2.24, 2.45) is 4.99 Å². The summed E-state index contributed by atoms with van der Waals surface area (Å²) >= 11 is 0. The second kappa shape index (κ2) is 10.7. The number of amides is 1. The Bertz CT molecular complexity index is 930. The zero-order chi connectivity index (χ0) is 22.4. The molecule has 1 aromatic rings. The number of piperidine rings is 1. The van der Waals surface area contributed by atoms with Crippen LogP contribution in [0, 0.1) is 0 Å². The highest BCUT2D eigenvalue weighted by Crippen LogP contribution is 2.24. The number of nitrogens with one attached hydrogen (secondary N) is 2. The number of amidine groups is 1. The highest BCUT2D eigenvalue weighted by molar-refractivity contribution is 7.90. The molecule has 176 valence electrons. The largest absolute Gasteiger partial charge is 0.349 e. The topological polar surface area (TPSA) is 109 Å².